The van der Waals surface area contributed by atoms with Crippen molar-refractivity contribution in [3.63, 3.8) is 0 Å². The van der Waals surface area contributed by atoms with Crippen LogP contribution in [0.25, 0.3) is 0 Å². The Hall–Kier alpha value is -1.70. The van der Waals surface area contributed by atoms with Gasteiger partial charge in [0.25, 0.3) is 0 Å². The summed E-state index contributed by atoms with van der Waals surface area (Å²) in [7, 11) is -7.33. The van der Waals surface area contributed by atoms with Crippen molar-refractivity contribution in [3.05, 3.63) is 59.7 Å². The Bertz CT molecular complexity index is 950. The van der Waals surface area contributed by atoms with E-state index in [4.69, 9.17) is 0 Å². The predicted molar refractivity (Wildman–Crippen MR) is 98.6 cm³/mol. The van der Waals surface area contributed by atoms with Crippen molar-refractivity contribution in [1.29, 1.82) is 0 Å². The molecule has 0 amide bonds. The highest BCUT2D eigenvalue weighted by Gasteiger charge is 2.29. The van der Waals surface area contributed by atoms with Gasteiger partial charge in [-0.3, -0.25) is 0 Å². The number of nitrogens with zero attached hydrogens (tertiary/aromatic N) is 1. The van der Waals surface area contributed by atoms with Crippen molar-refractivity contribution >= 4 is 19.9 Å². The van der Waals surface area contributed by atoms with Gasteiger partial charge in [-0.05, 0) is 44.0 Å². The van der Waals surface area contributed by atoms with Gasteiger partial charge in [0.2, 0.25) is 10.0 Å². The van der Waals surface area contributed by atoms with E-state index in [0.717, 1.165) is 11.8 Å². The molecule has 0 bridgehead atoms. The van der Waals surface area contributed by atoms with E-state index in [1.807, 2.05) is 30.3 Å². The Morgan fingerprint density at radius 1 is 0.960 bits per heavy atom. The van der Waals surface area contributed by atoms with Gasteiger partial charge in [0.15, 0.2) is 9.84 Å². The molecule has 25 heavy (non-hydrogen) atoms. The lowest BCUT2D eigenvalue weighted by atomic mass is 10.2. The molecule has 0 aliphatic carbocycles. The van der Waals surface area contributed by atoms with E-state index < -0.39 is 19.9 Å². The van der Waals surface area contributed by atoms with Crippen LogP contribution in [0.15, 0.2) is 58.3 Å². The van der Waals surface area contributed by atoms with Gasteiger partial charge in [-0.15, -0.1) is 0 Å². The normalized spacial score (nSPS) is 12.7. The van der Waals surface area contributed by atoms with Crippen LogP contribution >= 0.6 is 0 Å². The van der Waals surface area contributed by atoms with Crippen LogP contribution in [0.1, 0.15) is 25.0 Å². The van der Waals surface area contributed by atoms with Crippen molar-refractivity contribution in [2.45, 2.75) is 43.1 Å². The topological polar surface area (TPSA) is 71.5 Å². The van der Waals surface area contributed by atoms with Crippen LogP contribution in [0, 0.1) is 6.92 Å². The lowest BCUT2D eigenvalue weighted by Crippen LogP contribution is -2.36. The summed E-state index contributed by atoms with van der Waals surface area (Å²) in [5.41, 5.74) is 1.39. The molecular weight excluding hydrogens is 358 g/mol. The Labute approximate surface area is 150 Å². The zero-order chi connectivity index (χ0) is 18.8. The first-order valence-electron chi connectivity index (χ1n) is 7.90. The van der Waals surface area contributed by atoms with Gasteiger partial charge in [0.1, 0.15) is 0 Å². The van der Waals surface area contributed by atoms with Gasteiger partial charge in [0, 0.05) is 18.8 Å². The molecule has 2 rings (SSSR count). The summed E-state index contributed by atoms with van der Waals surface area (Å²) in [6.45, 7) is 5.50. The molecule has 0 N–H and O–H groups in total. The fraction of sp³-hybridized carbons (Fsp3) is 0.333. The van der Waals surface area contributed by atoms with Gasteiger partial charge in [-0.2, -0.15) is 4.31 Å². The monoisotopic (exact) mass is 381 g/mol. The molecule has 0 unspecified atom stereocenters. The number of sulfonamides is 1. The van der Waals surface area contributed by atoms with E-state index in [0.29, 0.717) is 5.56 Å². The van der Waals surface area contributed by atoms with Crippen LogP contribution in [-0.2, 0) is 26.4 Å². The zero-order valence-corrected chi connectivity index (χ0v) is 16.4. The number of hydrogen-bond donors (Lipinski definition) is 0. The van der Waals surface area contributed by atoms with Crippen molar-refractivity contribution in [3.8, 4) is 0 Å². The van der Waals surface area contributed by atoms with Crippen molar-refractivity contribution < 1.29 is 16.8 Å². The summed E-state index contributed by atoms with van der Waals surface area (Å²) in [6, 6.07) is 13.3. The Balaban J connectivity index is 2.54. The van der Waals surface area contributed by atoms with Crippen LogP contribution in [0.2, 0.25) is 0 Å². The Morgan fingerprint density at radius 3 is 2.08 bits per heavy atom. The second-order valence-corrected chi connectivity index (χ2v) is 10.2. The average Bonchev–Trinajstić information content (AvgIpc) is 2.52. The first-order chi connectivity index (χ1) is 11.5. The first-order valence-corrected chi connectivity index (χ1v) is 11.2. The summed E-state index contributed by atoms with van der Waals surface area (Å²) in [6.07, 6.45) is 1.07. The maximum atomic E-state index is 13.2. The second kappa shape index (κ2) is 7.27. The molecule has 2 aromatic rings. The Morgan fingerprint density at radius 2 is 1.56 bits per heavy atom. The molecule has 0 saturated heterocycles. The van der Waals surface area contributed by atoms with Gasteiger partial charge < -0.3 is 0 Å². The number of aryl methyl sites for hydroxylation is 1. The first kappa shape index (κ1) is 19.6. The molecule has 5 nitrogen and oxygen atoms in total. The molecule has 0 atom stereocenters. The molecule has 0 spiro atoms. The van der Waals surface area contributed by atoms with Gasteiger partial charge in [-0.1, -0.05) is 36.4 Å². The maximum absolute atomic E-state index is 13.2. The highest BCUT2D eigenvalue weighted by atomic mass is 32.2. The number of rotatable bonds is 6. The third-order valence-corrected chi connectivity index (χ3v) is 7.21. The molecule has 0 fully saturated rings. The predicted octanol–water partition coefficient (Wildman–Crippen LogP) is 3.00. The van der Waals surface area contributed by atoms with E-state index in [2.05, 4.69) is 0 Å². The molecule has 136 valence electrons. The highest BCUT2D eigenvalue weighted by molar-refractivity contribution is 7.91. The Kier molecular flexibility index (Phi) is 5.71. The average molecular weight is 382 g/mol. The van der Waals surface area contributed by atoms with Crippen LogP contribution in [0.5, 0.6) is 0 Å². The van der Waals surface area contributed by atoms with E-state index in [-0.39, 0.29) is 22.4 Å². The molecular formula is C18H23NO4S2. The van der Waals surface area contributed by atoms with Crippen LogP contribution in [-0.4, -0.2) is 33.4 Å². The van der Waals surface area contributed by atoms with Gasteiger partial charge >= 0.3 is 0 Å². The van der Waals surface area contributed by atoms with Crippen LogP contribution in [0.3, 0.4) is 0 Å². The standard InChI is InChI=1S/C18H23NO4S2/c1-14(2)19(13-16-8-6-5-7-9-16)25(22,23)18-12-17(24(4,20)21)11-10-15(18)3/h5-12,14H,13H2,1-4H3. The van der Waals surface area contributed by atoms with Crippen molar-refractivity contribution in [2.75, 3.05) is 6.26 Å². The fourth-order valence-electron chi connectivity index (χ4n) is 2.52. The van der Waals surface area contributed by atoms with Gasteiger partial charge in [-0.25, -0.2) is 16.8 Å². The number of benzene rings is 2. The fourth-order valence-corrected chi connectivity index (χ4v) is 5.12. The van der Waals surface area contributed by atoms with Crippen LogP contribution in [0.4, 0.5) is 0 Å². The molecule has 7 heteroatoms. The molecule has 0 aromatic heterocycles. The molecule has 0 aliphatic heterocycles. The van der Waals surface area contributed by atoms with Crippen LogP contribution < -0.4 is 0 Å². The molecule has 0 saturated carbocycles. The van der Waals surface area contributed by atoms with E-state index in [1.165, 1.54) is 22.5 Å². The molecule has 0 aliphatic rings. The number of hydrogen-bond acceptors (Lipinski definition) is 4. The second-order valence-electron chi connectivity index (χ2n) is 6.33. The van der Waals surface area contributed by atoms with Gasteiger partial charge in [0.05, 0.1) is 9.79 Å². The highest BCUT2D eigenvalue weighted by Crippen LogP contribution is 2.26. The summed E-state index contributed by atoms with van der Waals surface area (Å²) in [4.78, 5) is 0.0279. The summed E-state index contributed by atoms with van der Waals surface area (Å²) in [5.74, 6) is 0. The van der Waals surface area contributed by atoms with E-state index in [1.54, 1.807) is 20.8 Å². The smallest absolute Gasteiger partial charge is 0.224 e. The lowest BCUT2D eigenvalue weighted by molar-refractivity contribution is 0.348. The van der Waals surface area contributed by atoms with E-state index in [9.17, 15) is 16.8 Å². The van der Waals surface area contributed by atoms with E-state index >= 15 is 0 Å². The largest absolute Gasteiger partial charge is 0.243 e. The third kappa shape index (κ3) is 4.48. The molecule has 2 aromatic carbocycles. The minimum atomic E-state index is -3.84. The maximum Gasteiger partial charge on any atom is 0.243 e. The quantitative estimate of drug-likeness (QED) is 0.771. The summed E-state index contributed by atoms with van der Waals surface area (Å²) < 4.78 is 51.4. The minimum Gasteiger partial charge on any atom is -0.224 e. The summed E-state index contributed by atoms with van der Waals surface area (Å²) in [5, 5.41) is 0. The van der Waals surface area contributed by atoms with Crippen molar-refractivity contribution in [2.24, 2.45) is 0 Å². The lowest BCUT2D eigenvalue weighted by Gasteiger charge is -2.27. The third-order valence-electron chi connectivity index (χ3n) is 3.93. The molecule has 0 heterocycles. The van der Waals surface area contributed by atoms with Crippen molar-refractivity contribution in [1.82, 2.24) is 4.31 Å². The SMILES string of the molecule is Cc1ccc(S(C)(=O)=O)cc1S(=O)(=O)N(Cc1ccccc1)C(C)C. The number of sulfone groups is 1. The molecule has 0 radical (unpaired) electrons. The zero-order valence-electron chi connectivity index (χ0n) is 14.8. The minimum absolute atomic E-state index is 0.0000854. The summed E-state index contributed by atoms with van der Waals surface area (Å²) >= 11 is 0.